The van der Waals surface area contributed by atoms with E-state index in [0.29, 0.717) is 5.76 Å². The molecular weight excluding hydrogens is 324 g/mol. The van der Waals surface area contributed by atoms with Crippen LogP contribution in [0.5, 0.6) is 0 Å². The summed E-state index contributed by atoms with van der Waals surface area (Å²) in [5, 5.41) is 22.4. The molecule has 1 aromatic heterocycles. The number of aliphatic carboxylic acids is 1. The average Bonchev–Trinajstić information content (AvgIpc) is 3.09. The van der Waals surface area contributed by atoms with Gasteiger partial charge in [0, 0.05) is 6.42 Å². The van der Waals surface area contributed by atoms with E-state index in [-0.39, 0.29) is 11.6 Å². The maximum absolute atomic E-state index is 11.7. The summed E-state index contributed by atoms with van der Waals surface area (Å²) in [5.74, 6) is -1.83. The van der Waals surface area contributed by atoms with Gasteiger partial charge in [0.25, 0.3) is 0 Å². The lowest BCUT2D eigenvalue weighted by molar-refractivity contribution is -0.307. The van der Waals surface area contributed by atoms with E-state index in [0.717, 1.165) is 11.8 Å². The highest BCUT2D eigenvalue weighted by Crippen LogP contribution is 2.22. The fourth-order valence-electron chi connectivity index (χ4n) is 1.62. The lowest BCUT2D eigenvalue weighted by Gasteiger charge is -2.15. The molecule has 1 aliphatic rings. The highest BCUT2D eigenvalue weighted by atomic mass is 32.2. The normalized spacial score (nSPS) is 20.7. The molecule has 2 heterocycles. The molecule has 0 aliphatic carbocycles. The Morgan fingerprint density at radius 1 is 1.61 bits per heavy atom. The number of carbonyl (C=O) groups is 3. The quantitative estimate of drug-likeness (QED) is 0.497. The van der Waals surface area contributed by atoms with Gasteiger partial charge >= 0.3 is 0 Å². The standard InChI is InChI=1S/C13H14N4O5S/c1-7(12(20)21)15-10(18)5-9-11(19)16-13(23-9)17-14-6-8-3-2-4-22-8/h2-4,6-7,9H,5H2,1H3,(H,15,18)(H,20,21)(H,16,17,19)/p-1/b14-6-/t7-,9-/m0/s1. The third-order valence-electron chi connectivity index (χ3n) is 2.76. The zero-order valence-electron chi connectivity index (χ0n) is 12.0. The first-order valence-electron chi connectivity index (χ1n) is 6.58. The second-order valence-electron chi connectivity index (χ2n) is 4.57. The molecule has 0 aromatic carbocycles. The number of hydrogen-bond donors (Lipinski definition) is 2. The van der Waals surface area contributed by atoms with E-state index in [1.807, 2.05) is 0 Å². The van der Waals surface area contributed by atoms with Crippen LogP contribution in [-0.2, 0) is 14.4 Å². The Hall–Kier alpha value is -2.62. The Bertz CT molecular complexity index is 655. The van der Waals surface area contributed by atoms with Gasteiger partial charge in [0.15, 0.2) is 5.17 Å². The van der Waals surface area contributed by atoms with E-state index in [1.165, 1.54) is 19.4 Å². The van der Waals surface area contributed by atoms with Crippen molar-refractivity contribution in [1.82, 2.24) is 10.6 Å². The van der Waals surface area contributed by atoms with Gasteiger partial charge < -0.3 is 25.0 Å². The van der Waals surface area contributed by atoms with Crippen molar-refractivity contribution in [3.8, 4) is 0 Å². The summed E-state index contributed by atoms with van der Waals surface area (Å²) in [6.45, 7) is 1.28. The Balaban J connectivity index is 1.87. The van der Waals surface area contributed by atoms with Crippen LogP contribution in [0.15, 0.2) is 33.0 Å². The van der Waals surface area contributed by atoms with Crippen LogP contribution >= 0.6 is 11.8 Å². The summed E-state index contributed by atoms with van der Waals surface area (Å²) < 4.78 is 5.03. The molecule has 1 fully saturated rings. The lowest BCUT2D eigenvalue weighted by atomic mass is 10.2. The first-order valence-corrected chi connectivity index (χ1v) is 7.46. The number of carboxylic acids is 1. The van der Waals surface area contributed by atoms with Crippen LogP contribution in [0.4, 0.5) is 0 Å². The summed E-state index contributed by atoms with van der Waals surface area (Å²) in [7, 11) is 0. The molecule has 23 heavy (non-hydrogen) atoms. The van der Waals surface area contributed by atoms with Crippen molar-refractivity contribution < 1.29 is 23.9 Å². The molecule has 1 aromatic rings. The number of hydrogen-bond acceptors (Lipinski definition) is 8. The number of amides is 2. The smallest absolute Gasteiger partial charge is 0.240 e. The summed E-state index contributed by atoms with van der Waals surface area (Å²) in [6.07, 6.45) is 2.69. The summed E-state index contributed by atoms with van der Waals surface area (Å²) in [4.78, 5) is 33.9. The molecule has 2 N–H and O–H groups in total. The number of nitrogens with zero attached hydrogens (tertiary/aromatic N) is 2. The molecule has 2 amide bonds. The van der Waals surface area contributed by atoms with Crippen LogP contribution in [0.2, 0.25) is 0 Å². The Morgan fingerprint density at radius 2 is 2.39 bits per heavy atom. The second-order valence-corrected chi connectivity index (χ2v) is 5.76. The number of thioether (sulfide) groups is 1. The van der Waals surface area contributed by atoms with Gasteiger partial charge in [-0.25, -0.2) is 0 Å². The van der Waals surface area contributed by atoms with Gasteiger partial charge in [0.05, 0.1) is 24.5 Å². The van der Waals surface area contributed by atoms with Crippen molar-refractivity contribution in [3.63, 3.8) is 0 Å². The molecule has 1 saturated heterocycles. The van der Waals surface area contributed by atoms with Crippen molar-refractivity contribution in [2.45, 2.75) is 24.6 Å². The van der Waals surface area contributed by atoms with Crippen LogP contribution in [0.25, 0.3) is 0 Å². The molecule has 0 spiro atoms. The van der Waals surface area contributed by atoms with Gasteiger partial charge in [-0.1, -0.05) is 11.8 Å². The lowest BCUT2D eigenvalue weighted by Crippen LogP contribution is -2.46. The Morgan fingerprint density at radius 3 is 3.04 bits per heavy atom. The molecule has 0 bridgehead atoms. The van der Waals surface area contributed by atoms with Gasteiger partial charge in [-0.2, -0.15) is 5.10 Å². The Kier molecular flexibility index (Phi) is 5.52. The van der Waals surface area contributed by atoms with Gasteiger partial charge in [0.2, 0.25) is 11.8 Å². The molecule has 0 saturated carbocycles. The predicted molar refractivity (Wildman–Crippen MR) is 80.5 cm³/mol. The van der Waals surface area contributed by atoms with Gasteiger partial charge in [0.1, 0.15) is 11.0 Å². The minimum absolute atomic E-state index is 0.172. The molecule has 122 valence electrons. The van der Waals surface area contributed by atoms with Crippen molar-refractivity contribution >= 4 is 40.9 Å². The van der Waals surface area contributed by atoms with E-state index in [1.54, 1.807) is 12.1 Å². The van der Waals surface area contributed by atoms with Crippen molar-refractivity contribution in [1.29, 1.82) is 0 Å². The first kappa shape index (κ1) is 16.7. The number of amidine groups is 1. The second kappa shape index (κ2) is 7.58. The van der Waals surface area contributed by atoms with E-state index in [9.17, 15) is 19.5 Å². The largest absolute Gasteiger partial charge is 0.548 e. The highest BCUT2D eigenvalue weighted by Gasteiger charge is 2.32. The topological polar surface area (TPSA) is 136 Å². The van der Waals surface area contributed by atoms with Crippen LogP contribution in [0.1, 0.15) is 19.1 Å². The van der Waals surface area contributed by atoms with E-state index in [4.69, 9.17) is 4.42 Å². The van der Waals surface area contributed by atoms with E-state index < -0.39 is 29.1 Å². The summed E-state index contributed by atoms with van der Waals surface area (Å²) in [5.41, 5.74) is 0. The number of furan rings is 1. The van der Waals surface area contributed by atoms with Crippen LogP contribution in [0.3, 0.4) is 0 Å². The Labute approximate surface area is 135 Å². The molecular formula is C13H13N4O5S-. The third-order valence-corrected chi connectivity index (χ3v) is 3.83. The van der Waals surface area contributed by atoms with Gasteiger partial charge in [-0.05, 0) is 19.1 Å². The number of carbonyl (C=O) groups excluding carboxylic acids is 3. The van der Waals surface area contributed by atoms with Gasteiger partial charge in [-0.3, -0.25) is 9.59 Å². The number of rotatable bonds is 6. The first-order chi connectivity index (χ1) is 11.0. The average molecular weight is 337 g/mol. The molecule has 9 nitrogen and oxygen atoms in total. The molecule has 2 atom stereocenters. The molecule has 2 rings (SSSR count). The monoisotopic (exact) mass is 337 g/mol. The SMILES string of the molecule is C[C@H](NC(=O)C[C@@H]1S/C(=N/N=C\c2ccco2)NC1=O)C(=O)[O-]. The number of carboxylic acid groups (broad SMARTS) is 1. The molecule has 0 unspecified atom stereocenters. The van der Waals surface area contributed by atoms with Crippen LogP contribution in [-0.4, -0.2) is 40.5 Å². The van der Waals surface area contributed by atoms with E-state index >= 15 is 0 Å². The highest BCUT2D eigenvalue weighted by molar-refractivity contribution is 8.15. The van der Waals surface area contributed by atoms with E-state index in [2.05, 4.69) is 20.8 Å². The summed E-state index contributed by atoms with van der Waals surface area (Å²) >= 11 is 1.04. The van der Waals surface area contributed by atoms with Crippen molar-refractivity contribution in [2.24, 2.45) is 10.2 Å². The van der Waals surface area contributed by atoms with Crippen LogP contribution in [0, 0.1) is 0 Å². The minimum atomic E-state index is -1.39. The zero-order valence-corrected chi connectivity index (χ0v) is 12.8. The third kappa shape index (κ3) is 4.95. The maximum Gasteiger partial charge on any atom is 0.240 e. The maximum atomic E-state index is 11.7. The zero-order chi connectivity index (χ0) is 16.8. The molecule has 0 radical (unpaired) electrons. The predicted octanol–water partition coefficient (Wildman–Crippen LogP) is -1.15. The number of nitrogens with one attached hydrogen (secondary N) is 2. The minimum Gasteiger partial charge on any atom is -0.548 e. The van der Waals surface area contributed by atoms with Gasteiger partial charge in [-0.15, -0.1) is 5.10 Å². The fraction of sp³-hybridized carbons (Fsp3) is 0.308. The van der Waals surface area contributed by atoms with Crippen molar-refractivity contribution in [2.75, 3.05) is 0 Å². The summed E-state index contributed by atoms with van der Waals surface area (Å²) in [6, 6.07) is 2.27. The molecule has 10 heteroatoms. The van der Waals surface area contributed by atoms with Crippen LogP contribution < -0.4 is 15.7 Å². The fourth-order valence-corrected chi connectivity index (χ4v) is 2.54. The van der Waals surface area contributed by atoms with Crippen molar-refractivity contribution in [3.05, 3.63) is 24.2 Å². The molecule has 1 aliphatic heterocycles.